The Bertz CT molecular complexity index is 637. The monoisotopic (exact) mass is 329 g/mol. The summed E-state index contributed by atoms with van der Waals surface area (Å²) < 4.78 is 0. The number of halogens is 1. The van der Waals surface area contributed by atoms with Gasteiger partial charge < -0.3 is 4.90 Å². The molecule has 0 spiro atoms. The van der Waals surface area contributed by atoms with Crippen LogP contribution in [-0.2, 0) is 6.42 Å². The maximum Gasteiger partial charge on any atom is 0.255 e. The van der Waals surface area contributed by atoms with E-state index < -0.39 is 0 Å². The highest BCUT2D eigenvalue weighted by atomic mass is 35.5. The summed E-state index contributed by atoms with van der Waals surface area (Å²) >= 11 is 5.90. The van der Waals surface area contributed by atoms with E-state index in [0.717, 1.165) is 44.2 Å². The van der Waals surface area contributed by atoms with Crippen LogP contribution in [0.15, 0.2) is 48.8 Å². The number of nitrogens with zero attached hydrogens (tertiary/aromatic N) is 3. The van der Waals surface area contributed by atoms with E-state index in [-0.39, 0.29) is 5.91 Å². The molecule has 0 saturated carbocycles. The molecule has 0 bridgehead atoms. The van der Waals surface area contributed by atoms with E-state index in [4.69, 9.17) is 11.6 Å². The van der Waals surface area contributed by atoms with Crippen molar-refractivity contribution in [3.05, 3.63) is 64.9 Å². The van der Waals surface area contributed by atoms with Gasteiger partial charge in [0.05, 0.1) is 5.56 Å². The van der Waals surface area contributed by atoms with Gasteiger partial charge in [-0.3, -0.25) is 14.7 Å². The normalized spacial score (nSPS) is 15.6. The maximum atomic E-state index is 12.4. The fourth-order valence-electron chi connectivity index (χ4n) is 2.78. The van der Waals surface area contributed by atoms with Crippen molar-refractivity contribution in [1.82, 2.24) is 14.8 Å². The van der Waals surface area contributed by atoms with E-state index in [1.54, 1.807) is 18.5 Å². The molecule has 4 nitrogen and oxygen atoms in total. The molecule has 1 aliphatic rings. The average molecular weight is 330 g/mol. The Balaban J connectivity index is 1.47. The zero-order chi connectivity index (χ0) is 16.1. The minimum Gasteiger partial charge on any atom is -0.336 e. The van der Waals surface area contributed by atoms with Crippen molar-refractivity contribution in [2.45, 2.75) is 6.42 Å². The zero-order valence-electron chi connectivity index (χ0n) is 13.0. The number of amides is 1. The van der Waals surface area contributed by atoms with E-state index in [0.29, 0.717) is 5.56 Å². The van der Waals surface area contributed by atoms with Crippen LogP contribution in [0.1, 0.15) is 15.9 Å². The van der Waals surface area contributed by atoms with Gasteiger partial charge in [-0.1, -0.05) is 23.7 Å². The first-order chi connectivity index (χ1) is 11.2. The lowest BCUT2D eigenvalue weighted by Gasteiger charge is -2.34. The van der Waals surface area contributed by atoms with Crippen molar-refractivity contribution >= 4 is 17.5 Å². The Labute approximate surface area is 141 Å². The van der Waals surface area contributed by atoms with Crippen LogP contribution in [0.4, 0.5) is 0 Å². The van der Waals surface area contributed by atoms with E-state index in [9.17, 15) is 4.79 Å². The highest BCUT2D eigenvalue weighted by Crippen LogP contribution is 2.12. The van der Waals surface area contributed by atoms with Gasteiger partial charge in [-0.05, 0) is 36.2 Å². The van der Waals surface area contributed by atoms with E-state index in [1.807, 2.05) is 23.1 Å². The number of pyridine rings is 1. The summed E-state index contributed by atoms with van der Waals surface area (Å²) in [6.07, 6.45) is 4.33. The predicted molar refractivity (Wildman–Crippen MR) is 91.7 cm³/mol. The van der Waals surface area contributed by atoms with Crippen molar-refractivity contribution in [2.24, 2.45) is 0 Å². The lowest BCUT2D eigenvalue weighted by molar-refractivity contribution is 0.0638. The molecule has 1 saturated heterocycles. The van der Waals surface area contributed by atoms with E-state index >= 15 is 0 Å². The molecule has 1 amide bonds. The highest BCUT2D eigenvalue weighted by Gasteiger charge is 2.21. The molecule has 1 aromatic carbocycles. The molecule has 0 aliphatic carbocycles. The second-order valence-corrected chi connectivity index (χ2v) is 6.19. The number of aromatic nitrogens is 1. The van der Waals surface area contributed by atoms with Crippen LogP contribution in [0.25, 0.3) is 0 Å². The van der Waals surface area contributed by atoms with Gasteiger partial charge in [-0.15, -0.1) is 0 Å². The van der Waals surface area contributed by atoms with Crippen LogP contribution >= 0.6 is 11.6 Å². The summed E-state index contributed by atoms with van der Waals surface area (Å²) in [5, 5.41) is 0.774. The molecule has 0 atom stereocenters. The van der Waals surface area contributed by atoms with Gasteiger partial charge in [0.25, 0.3) is 5.91 Å². The maximum absolute atomic E-state index is 12.4. The quantitative estimate of drug-likeness (QED) is 0.865. The third-order valence-corrected chi connectivity index (χ3v) is 4.45. The SMILES string of the molecule is O=C(c1cccnc1)N1CCN(CCc2ccc(Cl)cc2)CC1. The van der Waals surface area contributed by atoms with Crippen LogP contribution in [-0.4, -0.2) is 53.4 Å². The van der Waals surface area contributed by atoms with Crippen molar-refractivity contribution in [3.8, 4) is 0 Å². The van der Waals surface area contributed by atoms with Crippen LogP contribution in [0, 0.1) is 0 Å². The van der Waals surface area contributed by atoms with Crippen molar-refractivity contribution < 1.29 is 4.79 Å². The van der Waals surface area contributed by atoms with Crippen molar-refractivity contribution in [2.75, 3.05) is 32.7 Å². The second-order valence-electron chi connectivity index (χ2n) is 5.75. The summed E-state index contributed by atoms with van der Waals surface area (Å²) in [5.74, 6) is 0.0791. The van der Waals surface area contributed by atoms with Crippen LogP contribution in [0.5, 0.6) is 0 Å². The Morgan fingerprint density at radius 3 is 2.48 bits per heavy atom. The fourth-order valence-corrected chi connectivity index (χ4v) is 2.91. The van der Waals surface area contributed by atoms with Gasteiger partial charge in [-0.2, -0.15) is 0 Å². The van der Waals surface area contributed by atoms with Gasteiger partial charge in [-0.25, -0.2) is 0 Å². The molecule has 2 aromatic rings. The highest BCUT2D eigenvalue weighted by molar-refractivity contribution is 6.30. The summed E-state index contributed by atoms with van der Waals surface area (Å²) in [6, 6.07) is 11.6. The molecule has 0 N–H and O–H groups in total. The average Bonchev–Trinajstić information content (AvgIpc) is 2.62. The Hall–Kier alpha value is -1.91. The first-order valence-corrected chi connectivity index (χ1v) is 8.26. The molecule has 1 aliphatic heterocycles. The Morgan fingerprint density at radius 1 is 1.09 bits per heavy atom. The second kappa shape index (κ2) is 7.57. The van der Waals surface area contributed by atoms with Gasteiger partial charge in [0.1, 0.15) is 0 Å². The summed E-state index contributed by atoms with van der Waals surface area (Å²) in [7, 11) is 0. The molecule has 0 unspecified atom stereocenters. The van der Waals surface area contributed by atoms with Gasteiger partial charge in [0, 0.05) is 50.1 Å². The van der Waals surface area contributed by atoms with E-state index in [1.165, 1.54) is 5.56 Å². The van der Waals surface area contributed by atoms with Gasteiger partial charge in [0.15, 0.2) is 0 Å². The van der Waals surface area contributed by atoms with Crippen LogP contribution in [0.2, 0.25) is 5.02 Å². The standard InChI is InChI=1S/C18H20ClN3O/c19-17-5-3-15(4-6-17)7-9-21-10-12-22(13-11-21)18(23)16-2-1-8-20-14-16/h1-6,8,14H,7,9-13H2. The number of carbonyl (C=O) groups excluding carboxylic acids is 1. The number of carbonyl (C=O) groups is 1. The molecular formula is C18H20ClN3O. The first-order valence-electron chi connectivity index (χ1n) is 7.88. The molecule has 1 aromatic heterocycles. The largest absolute Gasteiger partial charge is 0.336 e. The number of hydrogen-bond donors (Lipinski definition) is 0. The minimum atomic E-state index is 0.0791. The van der Waals surface area contributed by atoms with Crippen molar-refractivity contribution in [1.29, 1.82) is 0 Å². The number of benzene rings is 1. The number of hydrogen-bond acceptors (Lipinski definition) is 3. The summed E-state index contributed by atoms with van der Waals surface area (Å²) in [5.41, 5.74) is 1.96. The molecule has 5 heteroatoms. The van der Waals surface area contributed by atoms with Gasteiger partial charge >= 0.3 is 0 Å². The number of piperazine rings is 1. The third kappa shape index (κ3) is 4.30. The summed E-state index contributed by atoms with van der Waals surface area (Å²) in [4.78, 5) is 20.7. The zero-order valence-corrected chi connectivity index (χ0v) is 13.7. The molecule has 1 fully saturated rings. The number of rotatable bonds is 4. The summed E-state index contributed by atoms with van der Waals surface area (Å²) in [6.45, 7) is 4.39. The van der Waals surface area contributed by atoms with Crippen LogP contribution in [0.3, 0.4) is 0 Å². The molecule has 0 radical (unpaired) electrons. The molecule has 23 heavy (non-hydrogen) atoms. The fraction of sp³-hybridized carbons (Fsp3) is 0.333. The lowest BCUT2D eigenvalue weighted by Crippen LogP contribution is -2.49. The molecule has 120 valence electrons. The Morgan fingerprint density at radius 2 is 1.83 bits per heavy atom. The molecular weight excluding hydrogens is 310 g/mol. The van der Waals surface area contributed by atoms with Crippen molar-refractivity contribution in [3.63, 3.8) is 0 Å². The third-order valence-electron chi connectivity index (χ3n) is 4.20. The Kier molecular flexibility index (Phi) is 5.26. The smallest absolute Gasteiger partial charge is 0.255 e. The predicted octanol–water partition coefficient (Wildman–Crippen LogP) is 2.74. The topological polar surface area (TPSA) is 36.4 Å². The van der Waals surface area contributed by atoms with Crippen LogP contribution < -0.4 is 0 Å². The van der Waals surface area contributed by atoms with Gasteiger partial charge in [0.2, 0.25) is 0 Å². The van der Waals surface area contributed by atoms with E-state index in [2.05, 4.69) is 22.0 Å². The first kappa shape index (κ1) is 16.0. The molecule has 3 rings (SSSR count). The lowest BCUT2D eigenvalue weighted by atomic mass is 10.1. The molecule has 2 heterocycles. The minimum absolute atomic E-state index is 0.0791.